The number of halogens is 2. The summed E-state index contributed by atoms with van der Waals surface area (Å²) in [6, 6.07) is 0.0122. The van der Waals surface area contributed by atoms with Crippen molar-refractivity contribution in [3.05, 3.63) is 0 Å². The van der Waals surface area contributed by atoms with Crippen LogP contribution in [0.15, 0.2) is 0 Å². The van der Waals surface area contributed by atoms with Crippen LogP contribution in [0.4, 0.5) is 8.78 Å². The Hall–Kier alpha value is -0.180. The Morgan fingerprint density at radius 3 is 2.39 bits per heavy atom. The van der Waals surface area contributed by atoms with Crippen LogP contribution in [0, 0.1) is 0 Å². The standard InChI is InChI=1S/C15H29F2N/c1-4-6-7-10-14(3,9-5-2)18-13-8-11-15(16,17)12-13/h13,18H,4-12H2,1-3H3. The van der Waals surface area contributed by atoms with Crippen LogP contribution < -0.4 is 5.32 Å². The fraction of sp³-hybridized carbons (Fsp3) is 1.00. The maximum absolute atomic E-state index is 13.2. The van der Waals surface area contributed by atoms with Crippen LogP contribution in [0.1, 0.15) is 78.6 Å². The molecule has 2 atom stereocenters. The monoisotopic (exact) mass is 261 g/mol. The smallest absolute Gasteiger partial charge is 0.249 e. The minimum Gasteiger partial charge on any atom is -0.309 e. The van der Waals surface area contributed by atoms with Gasteiger partial charge in [0, 0.05) is 24.4 Å². The van der Waals surface area contributed by atoms with Gasteiger partial charge in [-0.1, -0.05) is 39.5 Å². The van der Waals surface area contributed by atoms with Crippen LogP contribution >= 0.6 is 0 Å². The normalized spacial score (nSPS) is 26.2. The van der Waals surface area contributed by atoms with E-state index >= 15 is 0 Å². The summed E-state index contributed by atoms with van der Waals surface area (Å²) in [7, 11) is 0. The molecule has 18 heavy (non-hydrogen) atoms. The van der Waals surface area contributed by atoms with E-state index in [1.165, 1.54) is 19.3 Å². The van der Waals surface area contributed by atoms with Gasteiger partial charge in [0.1, 0.15) is 0 Å². The van der Waals surface area contributed by atoms with Crippen molar-refractivity contribution in [2.45, 2.75) is 96.1 Å². The summed E-state index contributed by atoms with van der Waals surface area (Å²) in [6.45, 7) is 6.58. The second-order valence-corrected chi connectivity index (χ2v) is 6.21. The van der Waals surface area contributed by atoms with Crippen molar-refractivity contribution in [2.24, 2.45) is 0 Å². The van der Waals surface area contributed by atoms with Gasteiger partial charge in [0.05, 0.1) is 0 Å². The molecule has 1 N–H and O–H groups in total. The SMILES string of the molecule is CCCCCC(C)(CCC)NC1CCC(F)(F)C1. The quantitative estimate of drug-likeness (QED) is 0.613. The van der Waals surface area contributed by atoms with E-state index in [-0.39, 0.29) is 24.4 Å². The summed E-state index contributed by atoms with van der Waals surface area (Å²) in [5.41, 5.74) is 0.0506. The van der Waals surface area contributed by atoms with Crippen molar-refractivity contribution in [2.75, 3.05) is 0 Å². The topological polar surface area (TPSA) is 12.0 Å². The third-order valence-electron chi connectivity index (χ3n) is 4.09. The van der Waals surface area contributed by atoms with Gasteiger partial charge < -0.3 is 5.32 Å². The molecular formula is C15H29F2N. The van der Waals surface area contributed by atoms with Gasteiger partial charge >= 0.3 is 0 Å². The second-order valence-electron chi connectivity index (χ2n) is 6.21. The van der Waals surface area contributed by atoms with Crippen LogP contribution in [0.3, 0.4) is 0 Å². The van der Waals surface area contributed by atoms with Crippen LogP contribution in [-0.2, 0) is 0 Å². The maximum atomic E-state index is 13.2. The zero-order valence-corrected chi connectivity index (χ0v) is 12.2. The van der Waals surface area contributed by atoms with Gasteiger partial charge in [-0.05, 0) is 26.2 Å². The summed E-state index contributed by atoms with van der Waals surface area (Å²) in [6.07, 6.45) is 7.66. The van der Waals surface area contributed by atoms with Crippen LogP contribution in [0.2, 0.25) is 0 Å². The van der Waals surface area contributed by atoms with E-state index in [2.05, 4.69) is 26.1 Å². The number of unbranched alkanes of at least 4 members (excludes halogenated alkanes) is 2. The summed E-state index contributed by atoms with van der Waals surface area (Å²) < 4.78 is 26.4. The van der Waals surface area contributed by atoms with Gasteiger partial charge in [0.15, 0.2) is 0 Å². The van der Waals surface area contributed by atoms with E-state index < -0.39 is 5.92 Å². The molecule has 0 aliphatic heterocycles. The highest BCUT2D eigenvalue weighted by Crippen LogP contribution is 2.36. The predicted molar refractivity (Wildman–Crippen MR) is 73.2 cm³/mol. The molecule has 1 aliphatic carbocycles. The van der Waals surface area contributed by atoms with Gasteiger partial charge in [0.25, 0.3) is 0 Å². The van der Waals surface area contributed by atoms with Crippen molar-refractivity contribution in [1.29, 1.82) is 0 Å². The lowest BCUT2D eigenvalue weighted by Crippen LogP contribution is -2.47. The molecule has 3 heteroatoms. The third-order valence-corrected chi connectivity index (χ3v) is 4.09. The molecule has 0 aromatic carbocycles. The van der Waals surface area contributed by atoms with Crippen molar-refractivity contribution < 1.29 is 8.78 Å². The molecule has 2 unspecified atom stereocenters. The van der Waals surface area contributed by atoms with E-state index in [1.54, 1.807) is 0 Å². The van der Waals surface area contributed by atoms with E-state index in [1.807, 2.05) is 0 Å². The van der Waals surface area contributed by atoms with Gasteiger partial charge in [-0.15, -0.1) is 0 Å². The Balaban J connectivity index is 2.46. The number of hydrogen-bond donors (Lipinski definition) is 1. The summed E-state index contributed by atoms with van der Waals surface area (Å²) in [5.74, 6) is -2.44. The Morgan fingerprint density at radius 2 is 1.89 bits per heavy atom. The number of rotatable bonds is 8. The number of nitrogens with one attached hydrogen (secondary N) is 1. The Bertz CT molecular complexity index is 243. The van der Waals surface area contributed by atoms with Crippen molar-refractivity contribution >= 4 is 0 Å². The molecule has 0 aromatic rings. The molecule has 0 saturated heterocycles. The highest BCUT2D eigenvalue weighted by atomic mass is 19.3. The molecule has 108 valence electrons. The highest BCUT2D eigenvalue weighted by Gasteiger charge is 2.41. The zero-order valence-electron chi connectivity index (χ0n) is 12.2. The molecule has 1 aliphatic rings. The third kappa shape index (κ3) is 5.21. The van der Waals surface area contributed by atoms with Gasteiger partial charge in [-0.25, -0.2) is 8.78 Å². The molecule has 0 aromatic heterocycles. The fourth-order valence-electron chi connectivity index (χ4n) is 3.15. The Kier molecular flexibility index (Phi) is 6.03. The van der Waals surface area contributed by atoms with Gasteiger partial charge in [-0.2, -0.15) is 0 Å². The molecule has 0 bridgehead atoms. The Labute approximate surface area is 111 Å². The molecule has 0 radical (unpaired) electrons. The van der Waals surface area contributed by atoms with E-state index in [0.29, 0.717) is 6.42 Å². The lowest BCUT2D eigenvalue weighted by molar-refractivity contribution is 0.00578. The molecule has 1 rings (SSSR count). The lowest BCUT2D eigenvalue weighted by Gasteiger charge is -2.34. The average Bonchev–Trinajstić information content (AvgIpc) is 2.58. The molecule has 0 amide bonds. The average molecular weight is 261 g/mol. The zero-order chi connectivity index (χ0) is 13.6. The molecule has 0 spiro atoms. The number of alkyl halides is 2. The fourth-order valence-corrected chi connectivity index (χ4v) is 3.15. The predicted octanol–water partition coefficient (Wildman–Crippen LogP) is 4.90. The van der Waals surface area contributed by atoms with Crippen LogP contribution in [0.25, 0.3) is 0 Å². The molecule has 1 nitrogen and oxygen atoms in total. The van der Waals surface area contributed by atoms with Crippen molar-refractivity contribution in [3.63, 3.8) is 0 Å². The van der Waals surface area contributed by atoms with E-state index in [0.717, 1.165) is 19.3 Å². The number of hydrogen-bond acceptors (Lipinski definition) is 1. The first-order chi connectivity index (χ1) is 8.41. The lowest BCUT2D eigenvalue weighted by atomic mass is 9.88. The summed E-state index contributed by atoms with van der Waals surface area (Å²) in [5, 5.41) is 3.53. The van der Waals surface area contributed by atoms with Crippen LogP contribution in [-0.4, -0.2) is 17.5 Å². The van der Waals surface area contributed by atoms with Crippen molar-refractivity contribution in [1.82, 2.24) is 5.32 Å². The van der Waals surface area contributed by atoms with Gasteiger partial charge in [0.2, 0.25) is 5.92 Å². The van der Waals surface area contributed by atoms with E-state index in [4.69, 9.17) is 0 Å². The molecule has 1 saturated carbocycles. The minimum absolute atomic E-state index is 0.0122. The maximum Gasteiger partial charge on any atom is 0.249 e. The molecular weight excluding hydrogens is 232 g/mol. The largest absolute Gasteiger partial charge is 0.309 e. The van der Waals surface area contributed by atoms with Crippen LogP contribution in [0.5, 0.6) is 0 Å². The molecule has 0 heterocycles. The first-order valence-electron chi connectivity index (χ1n) is 7.56. The first-order valence-corrected chi connectivity index (χ1v) is 7.56. The first kappa shape index (κ1) is 15.9. The van der Waals surface area contributed by atoms with Gasteiger partial charge in [-0.3, -0.25) is 0 Å². The summed E-state index contributed by atoms with van der Waals surface area (Å²) >= 11 is 0. The second kappa shape index (κ2) is 6.83. The molecule has 1 fully saturated rings. The van der Waals surface area contributed by atoms with E-state index in [9.17, 15) is 8.78 Å². The summed E-state index contributed by atoms with van der Waals surface area (Å²) in [4.78, 5) is 0. The Morgan fingerprint density at radius 1 is 1.17 bits per heavy atom. The minimum atomic E-state index is -2.44. The highest BCUT2D eigenvalue weighted by molar-refractivity contribution is 4.92. The van der Waals surface area contributed by atoms with Crippen molar-refractivity contribution in [3.8, 4) is 0 Å².